The van der Waals surface area contributed by atoms with E-state index in [1.807, 2.05) is 24.3 Å². The first-order chi connectivity index (χ1) is 31.2. The van der Waals surface area contributed by atoms with E-state index >= 15 is 0 Å². The van der Waals surface area contributed by atoms with Gasteiger partial charge in [-0.25, -0.2) is 24.0 Å². The molecular weight excluding hydrogens is 817 g/mol. The van der Waals surface area contributed by atoms with Crippen molar-refractivity contribution in [3.8, 4) is 17.2 Å². The van der Waals surface area contributed by atoms with E-state index in [4.69, 9.17) is 18.9 Å². The molecule has 0 aromatic heterocycles. The van der Waals surface area contributed by atoms with Gasteiger partial charge in [0.1, 0.15) is 17.2 Å². The predicted octanol–water partition coefficient (Wildman–Crippen LogP) is 12.7. The average molecular weight is 877 g/mol. The molecule has 6 aliphatic rings. The van der Waals surface area contributed by atoms with Crippen molar-refractivity contribution in [1.29, 1.82) is 0 Å². The van der Waals surface area contributed by atoms with E-state index < -0.39 is 29.8 Å². The lowest BCUT2D eigenvalue weighted by Crippen LogP contribution is -2.55. The maximum atomic E-state index is 13.6. The second-order valence-electron chi connectivity index (χ2n) is 21.3. The molecule has 0 radical (unpaired) electrons. The van der Waals surface area contributed by atoms with E-state index in [0.29, 0.717) is 34.5 Å². The molecule has 4 aromatic carbocycles. The van der Waals surface area contributed by atoms with E-state index in [9.17, 15) is 24.0 Å². The van der Waals surface area contributed by atoms with Crippen LogP contribution in [-0.4, -0.2) is 29.8 Å². The standard InChI is InChI=1S/C56H60O9/c1-32(2)8-6-9-33(3)46-22-23-47-43-20-15-37-31-56(27-26-54(37,4)48(43)24-25-55(46,47)5,35-13-16-38(17-14-35)62-40-18-21-42-45(30-40)53(61)65-51(42)59)36-10-7-11-39(29-36)63-49(57)34-12-19-41-44(28-34)52(60)64-50(41)58/h7,10-14,16-19,21,28-30,32-33,37,43,46-48H,6,8-9,15,20,22-27,31H2,1-5H3. The Kier molecular flexibility index (Phi) is 10.9. The van der Waals surface area contributed by atoms with Gasteiger partial charge in [-0.15, -0.1) is 0 Å². The number of hydrogen-bond acceptors (Lipinski definition) is 9. The maximum absolute atomic E-state index is 13.6. The van der Waals surface area contributed by atoms with Crippen molar-refractivity contribution in [3.05, 3.63) is 124 Å². The summed E-state index contributed by atoms with van der Waals surface area (Å²) < 4.78 is 21.8. The Morgan fingerprint density at radius 1 is 0.631 bits per heavy atom. The van der Waals surface area contributed by atoms with Crippen molar-refractivity contribution in [2.45, 2.75) is 117 Å². The normalized spacial score (nSPS) is 30.4. The molecule has 338 valence electrons. The molecule has 0 saturated heterocycles. The van der Waals surface area contributed by atoms with Crippen LogP contribution in [0.3, 0.4) is 0 Å². The van der Waals surface area contributed by atoms with Gasteiger partial charge in [-0.05, 0) is 182 Å². The molecule has 10 rings (SSSR count). The zero-order chi connectivity index (χ0) is 45.4. The van der Waals surface area contributed by atoms with Gasteiger partial charge in [-0.2, -0.15) is 0 Å². The van der Waals surface area contributed by atoms with Crippen LogP contribution in [0.1, 0.15) is 175 Å². The third-order valence-electron chi connectivity index (χ3n) is 17.7. The summed E-state index contributed by atoms with van der Waals surface area (Å²) in [6, 6.07) is 25.2. The Balaban J connectivity index is 0.932. The van der Waals surface area contributed by atoms with Crippen LogP contribution >= 0.6 is 0 Å². The van der Waals surface area contributed by atoms with Gasteiger partial charge < -0.3 is 18.9 Å². The second kappa shape index (κ2) is 16.4. The first kappa shape index (κ1) is 43.3. The summed E-state index contributed by atoms with van der Waals surface area (Å²) in [5.41, 5.74) is 3.26. The minimum Gasteiger partial charge on any atom is -0.457 e. The molecule has 65 heavy (non-hydrogen) atoms. The number of benzene rings is 4. The lowest BCUT2D eigenvalue weighted by molar-refractivity contribution is -0.122. The highest BCUT2D eigenvalue weighted by Crippen LogP contribution is 2.70. The van der Waals surface area contributed by atoms with Gasteiger partial charge in [0.05, 0.1) is 27.8 Å². The monoisotopic (exact) mass is 876 g/mol. The molecule has 0 bridgehead atoms. The average Bonchev–Trinajstić information content (AvgIpc) is 3.90. The van der Waals surface area contributed by atoms with Crippen LogP contribution in [0, 0.1) is 52.3 Å². The minimum atomic E-state index is -0.774. The smallest absolute Gasteiger partial charge is 0.347 e. The molecule has 9 atom stereocenters. The van der Waals surface area contributed by atoms with Crippen LogP contribution in [0.15, 0.2) is 84.9 Å². The number of esters is 5. The van der Waals surface area contributed by atoms with Crippen molar-refractivity contribution in [2.75, 3.05) is 0 Å². The zero-order valence-corrected chi connectivity index (χ0v) is 38.3. The van der Waals surface area contributed by atoms with Crippen LogP contribution in [0.2, 0.25) is 0 Å². The molecule has 4 aromatic rings. The van der Waals surface area contributed by atoms with Crippen LogP contribution in [0.5, 0.6) is 17.2 Å². The van der Waals surface area contributed by atoms with Crippen molar-refractivity contribution < 1.29 is 42.9 Å². The number of carbonyl (C=O) groups is 5. The van der Waals surface area contributed by atoms with Crippen LogP contribution in [-0.2, 0) is 14.9 Å². The minimum absolute atomic E-state index is 0.0559. The van der Waals surface area contributed by atoms with E-state index in [0.717, 1.165) is 60.0 Å². The number of fused-ring (bicyclic) bond motifs is 7. The van der Waals surface area contributed by atoms with Gasteiger partial charge in [0.2, 0.25) is 0 Å². The molecule has 9 unspecified atom stereocenters. The van der Waals surface area contributed by atoms with Crippen molar-refractivity contribution in [3.63, 3.8) is 0 Å². The lowest BCUT2D eigenvalue weighted by atomic mass is 9.42. The van der Waals surface area contributed by atoms with Crippen molar-refractivity contribution >= 4 is 29.8 Å². The number of rotatable bonds is 11. The van der Waals surface area contributed by atoms with Gasteiger partial charge in [-0.3, -0.25) is 0 Å². The van der Waals surface area contributed by atoms with Gasteiger partial charge in [0.15, 0.2) is 0 Å². The quantitative estimate of drug-likeness (QED) is 0.0823. The van der Waals surface area contributed by atoms with Gasteiger partial charge in [-0.1, -0.05) is 78.1 Å². The van der Waals surface area contributed by atoms with E-state index in [1.54, 1.807) is 24.3 Å². The molecule has 4 fully saturated rings. The molecular formula is C56H60O9. The van der Waals surface area contributed by atoms with E-state index in [1.165, 1.54) is 76.0 Å². The van der Waals surface area contributed by atoms with Crippen molar-refractivity contribution in [2.24, 2.45) is 52.3 Å². The summed E-state index contributed by atoms with van der Waals surface area (Å²) in [5.74, 6) is 3.13. The van der Waals surface area contributed by atoms with Crippen molar-refractivity contribution in [1.82, 2.24) is 0 Å². The summed E-state index contributed by atoms with van der Waals surface area (Å²) in [4.78, 5) is 62.3. The predicted molar refractivity (Wildman–Crippen MR) is 244 cm³/mol. The first-order valence-corrected chi connectivity index (χ1v) is 24.1. The molecule has 0 N–H and O–H groups in total. The summed E-state index contributed by atoms with van der Waals surface area (Å²) in [6.45, 7) is 12.5. The lowest BCUT2D eigenvalue weighted by Gasteiger charge is -2.63. The van der Waals surface area contributed by atoms with Crippen LogP contribution in [0.4, 0.5) is 0 Å². The third kappa shape index (κ3) is 7.41. The zero-order valence-electron chi connectivity index (χ0n) is 38.3. The fourth-order valence-electron chi connectivity index (χ4n) is 14.3. The third-order valence-corrected chi connectivity index (χ3v) is 17.7. The molecule has 4 aliphatic carbocycles. The number of cyclic esters (lactones) is 4. The summed E-state index contributed by atoms with van der Waals surface area (Å²) in [5, 5.41) is 0. The fraction of sp³-hybridized carbons (Fsp3) is 0.482. The number of ether oxygens (including phenoxy) is 4. The first-order valence-electron chi connectivity index (χ1n) is 24.1. The largest absolute Gasteiger partial charge is 0.457 e. The summed E-state index contributed by atoms with van der Waals surface area (Å²) in [7, 11) is 0. The molecule has 0 amide bonds. The summed E-state index contributed by atoms with van der Waals surface area (Å²) >= 11 is 0. The Morgan fingerprint density at radius 2 is 1.31 bits per heavy atom. The number of hydrogen-bond donors (Lipinski definition) is 0. The van der Waals surface area contributed by atoms with Gasteiger partial charge >= 0.3 is 29.8 Å². The Labute approximate surface area is 382 Å². The van der Waals surface area contributed by atoms with Crippen LogP contribution in [0.25, 0.3) is 0 Å². The Hall–Kier alpha value is -5.57. The number of carbonyl (C=O) groups excluding carboxylic acids is 5. The van der Waals surface area contributed by atoms with E-state index in [2.05, 4.69) is 52.8 Å². The molecule has 4 saturated carbocycles. The molecule has 2 heterocycles. The van der Waals surface area contributed by atoms with Gasteiger partial charge in [0.25, 0.3) is 0 Å². The topological polar surface area (TPSA) is 122 Å². The molecule has 0 spiro atoms. The molecule has 9 heteroatoms. The fourth-order valence-corrected chi connectivity index (χ4v) is 14.3. The van der Waals surface area contributed by atoms with Gasteiger partial charge in [0, 0.05) is 5.41 Å². The highest BCUT2D eigenvalue weighted by atomic mass is 16.6. The molecule has 9 nitrogen and oxygen atoms in total. The Morgan fingerprint density at radius 3 is 2.05 bits per heavy atom. The summed E-state index contributed by atoms with van der Waals surface area (Å²) in [6.07, 6.45) is 14.9. The SMILES string of the molecule is CC(C)CCCC(C)C1CCC2C3CCC4CC(c5ccc(Oc6ccc7c(c6)C(=O)OC7=O)cc5)(c5cccc(OC(=O)c6ccc7c(c6)C(=O)OC7=O)c5)CCC4(C)C3CCC12C. The second-order valence-corrected chi connectivity index (χ2v) is 21.3. The van der Waals surface area contributed by atoms with Crippen LogP contribution < -0.4 is 9.47 Å². The van der Waals surface area contributed by atoms with E-state index in [-0.39, 0.29) is 38.6 Å². The maximum Gasteiger partial charge on any atom is 0.347 e. The highest BCUT2D eigenvalue weighted by Gasteiger charge is 2.62. The highest BCUT2D eigenvalue weighted by molar-refractivity contribution is 6.16. The Bertz CT molecular complexity index is 2590. The molecule has 2 aliphatic heterocycles.